The van der Waals surface area contributed by atoms with E-state index in [1.165, 1.54) is 6.42 Å². The molecule has 1 unspecified atom stereocenters. The van der Waals surface area contributed by atoms with Crippen LogP contribution in [0.1, 0.15) is 38.4 Å². The minimum atomic E-state index is 0.510. The molecule has 4 heteroatoms. The molecule has 0 spiro atoms. The molecule has 0 fully saturated rings. The predicted octanol–water partition coefficient (Wildman–Crippen LogP) is 3.71. The van der Waals surface area contributed by atoms with Crippen molar-refractivity contribution in [2.45, 2.75) is 45.1 Å². The molecule has 0 amide bonds. The molecule has 3 nitrogen and oxygen atoms in total. The van der Waals surface area contributed by atoms with E-state index in [-0.39, 0.29) is 0 Å². The Hall–Kier alpha value is -0.900. The second kappa shape index (κ2) is 6.15. The zero-order valence-corrected chi connectivity index (χ0v) is 11.7. The van der Waals surface area contributed by atoms with Gasteiger partial charge in [0.15, 0.2) is 0 Å². The highest BCUT2D eigenvalue weighted by atomic mass is 79.9. The lowest BCUT2D eigenvalue weighted by molar-refractivity contribution is 0.640. The zero-order valence-electron chi connectivity index (χ0n) is 10.1. The second-order valence-corrected chi connectivity index (χ2v) is 5.18. The molecule has 1 aliphatic carbocycles. The first-order valence-corrected chi connectivity index (χ1v) is 7.02. The third-order valence-corrected chi connectivity index (χ3v) is 3.24. The van der Waals surface area contributed by atoms with E-state index in [2.05, 4.69) is 50.3 Å². The van der Waals surface area contributed by atoms with Gasteiger partial charge in [0.1, 0.15) is 16.2 Å². The summed E-state index contributed by atoms with van der Waals surface area (Å²) in [6, 6.07) is 2.47. The van der Waals surface area contributed by atoms with Gasteiger partial charge in [0.05, 0.1) is 0 Å². The fraction of sp³-hybridized carbons (Fsp3) is 0.538. The number of hydrogen-bond donors (Lipinski definition) is 1. The van der Waals surface area contributed by atoms with Crippen molar-refractivity contribution < 1.29 is 0 Å². The van der Waals surface area contributed by atoms with Crippen molar-refractivity contribution in [1.29, 1.82) is 0 Å². The maximum absolute atomic E-state index is 4.54. The third kappa shape index (κ3) is 3.80. The molecule has 92 valence electrons. The summed E-state index contributed by atoms with van der Waals surface area (Å²) in [6.45, 7) is 2.14. The van der Waals surface area contributed by atoms with Crippen LogP contribution in [0.3, 0.4) is 0 Å². The van der Waals surface area contributed by atoms with Crippen molar-refractivity contribution >= 4 is 21.7 Å². The van der Waals surface area contributed by atoms with Crippen LogP contribution in [0.15, 0.2) is 22.8 Å². The van der Waals surface area contributed by atoms with Crippen molar-refractivity contribution in [2.75, 3.05) is 5.32 Å². The van der Waals surface area contributed by atoms with Gasteiger partial charge in [-0.15, -0.1) is 0 Å². The van der Waals surface area contributed by atoms with E-state index in [0.29, 0.717) is 6.04 Å². The largest absolute Gasteiger partial charge is 0.367 e. The van der Waals surface area contributed by atoms with Gasteiger partial charge in [-0.25, -0.2) is 9.97 Å². The van der Waals surface area contributed by atoms with E-state index in [1.807, 2.05) is 6.07 Å². The predicted molar refractivity (Wildman–Crippen MR) is 74.1 cm³/mol. The van der Waals surface area contributed by atoms with Gasteiger partial charge in [-0.3, -0.25) is 0 Å². The van der Waals surface area contributed by atoms with E-state index in [9.17, 15) is 0 Å². The van der Waals surface area contributed by atoms with Crippen LogP contribution < -0.4 is 5.32 Å². The number of halogens is 1. The molecule has 0 saturated carbocycles. The number of allylic oxidation sites excluding steroid dienone is 1. The maximum Gasteiger partial charge on any atom is 0.132 e. The summed E-state index contributed by atoms with van der Waals surface area (Å²) < 4.78 is 0.866. The molecule has 1 aromatic heterocycles. The van der Waals surface area contributed by atoms with Gasteiger partial charge >= 0.3 is 0 Å². The molecule has 1 N–H and O–H groups in total. The van der Waals surface area contributed by atoms with Gasteiger partial charge in [0, 0.05) is 18.5 Å². The molecule has 0 saturated heterocycles. The first-order chi connectivity index (χ1) is 8.28. The highest BCUT2D eigenvalue weighted by Gasteiger charge is 2.11. The van der Waals surface area contributed by atoms with E-state index in [4.69, 9.17) is 0 Å². The van der Waals surface area contributed by atoms with Crippen LogP contribution in [0.5, 0.6) is 0 Å². The Morgan fingerprint density at radius 3 is 3.00 bits per heavy atom. The summed E-state index contributed by atoms with van der Waals surface area (Å²) in [7, 11) is 0. The Morgan fingerprint density at radius 2 is 2.29 bits per heavy atom. The summed E-state index contributed by atoms with van der Waals surface area (Å²) in [5.74, 6) is 1.85. The maximum atomic E-state index is 4.54. The Bertz CT molecular complexity index is 404. The average Bonchev–Trinajstić information content (AvgIpc) is 2.30. The van der Waals surface area contributed by atoms with E-state index in [0.717, 1.165) is 41.9 Å². The highest BCUT2D eigenvalue weighted by molar-refractivity contribution is 9.10. The van der Waals surface area contributed by atoms with Gasteiger partial charge in [0.2, 0.25) is 0 Å². The molecule has 0 bridgehead atoms. The van der Waals surface area contributed by atoms with E-state index in [1.54, 1.807) is 0 Å². The molecule has 0 aliphatic heterocycles. The number of aromatic nitrogens is 2. The zero-order chi connectivity index (χ0) is 12.1. The Labute approximate surface area is 111 Å². The standard InChI is InChI=1S/C13H18BrN3/c1-2-6-12-16-11(14)9-13(17-12)15-10-7-4-3-5-8-10/h3-4,9-10H,2,5-8H2,1H3,(H,15,16,17). The van der Waals surface area contributed by atoms with Gasteiger partial charge in [-0.1, -0.05) is 19.1 Å². The molecular formula is C13H18BrN3. The Morgan fingerprint density at radius 1 is 1.41 bits per heavy atom. The SMILES string of the molecule is CCCc1nc(Br)cc(NC2CC=CCC2)n1. The molecule has 1 heterocycles. The summed E-state index contributed by atoms with van der Waals surface area (Å²) in [5.41, 5.74) is 0. The van der Waals surface area contributed by atoms with Crippen LogP contribution in [0, 0.1) is 0 Å². The fourth-order valence-electron chi connectivity index (χ4n) is 2.01. The second-order valence-electron chi connectivity index (χ2n) is 4.37. The van der Waals surface area contributed by atoms with E-state index >= 15 is 0 Å². The van der Waals surface area contributed by atoms with Crippen LogP contribution in [0.2, 0.25) is 0 Å². The van der Waals surface area contributed by atoms with Crippen LogP contribution >= 0.6 is 15.9 Å². The lowest BCUT2D eigenvalue weighted by atomic mass is 10.0. The van der Waals surface area contributed by atoms with E-state index < -0.39 is 0 Å². The highest BCUT2D eigenvalue weighted by Crippen LogP contribution is 2.18. The van der Waals surface area contributed by atoms with Crippen LogP contribution in [0.25, 0.3) is 0 Å². The van der Waals surface area contributed by atoms with Crippen molar-refractivity contribution in [3.05, 3.63) is 28.6 Å². The first-order valence-electron chi connectivity index (χ1n) is 6.23. The topological polar surface area (TPSA) is 37.8 Å². The molecule has 17 heavy (non-hydrogen) atoms. The number of hydrogen-bond acceptors (Lipinski definition) is 3. The summed E-state index contributed by atoms with van der Waals surface area (Å²) in [4.78, 5) is 8.91. The Kier molecular flexibility index (Phi) is 4.54. The lowest BCUT2D eigenvalue weighted by Gasteiger charge is -2.20. The van der Waals surface area contributed by atoms with Gasteiger partial charge in [0.25, 0.3) is 0 Å². The number of anilines is 1. The Balaban J connectivity index is 2.06. The number of nitrogens with one attached hydrogen (secondary N) is 1. The summed E-state index contributed by atoms with van der Waals surface area (Å²) in [6.07, 6.45) is 9.92. The molecule has 0 radical (unpaired) electrons. The molecule has 1 aromatic rings. The lowest BCUT2D eigenvalue weighted by Crippen LogP contribution is -2.21. The third-order valence-electron chi connectivity index (χ3n) is 2.84. The van der Waals surface area contributed by atoms with Crippen LogP contribution in [0.4, 0.5) is 5.82 Å². The van der Waals surface area contributed by atoms with Gasteiger partial charge < -0.3 is 5.32 Å². The van der Waals surface area contributed by atoms with Crippen molar-refractivity contribution in [1.82, 2.24) is 9.97 Å². The van der Waals surface area contributed by atoms with Gasteiger partial charge in [-0.2, -0.15) is 0 Å². The molecular weight excluding hydrogens is 278 g/mol. The first kappa shape index (κ1) is 12.6. The molecule has 1 aliphatic rings. The molecule has 2 rings (SSSR count). The van der Waals surface area contributed by atoms with Crippen molar-refractivity contribution in [2.24, 2.45) is 0 Å². The fourth-order valence-corrected chi connectivity index (χ4v) is 2.43. The number of aryl methyl sites for hydroxylation is 1. The quantitative estimate of drug-likeness (QED) is 0.680. The smallest absolute Gasteiger partial charge is 0.132 e. The van der Waals surface area contributed by atoms with Gasteiger partial charge in [-0.05, 0) is 41.6 Å². The summed E-state index contributed by atoms with van der Waals surface area (Å²) >= 11 is 3.44. The molecule has 1 atom stereocenters. The number of nitrogens with zero attached hydrogens (tertiary/aromatic N) is 2. The molecule has 0 aromatic carbocycles. The minimum Gasteiger partial charge on any atom is -0.367 e. The normalized spacial score (nSPS) is 19.3. The monoisotopic (exact) mass is 295 g/mol. The van der Waals surface area contributed by atoms with Crippen molar-refractivity contribution in [3.8, 4) is 0 Å². The minimum absolute atomic E-state index is 0.510. The number of rotatable bonds is 4. The average molecular weight is 296 g/mol. The summed E-state index contributed by atoms with van der Waals surface area (Å²) in [5, 5.41) is 3.49. The van der Waals surface area contributed by atoms with Crippen LogP contribution in [-0.2, 0) is 6.42 Å². The van der Waals surface area contributed by atoms with Crippen LogP contribution in [-0.4, -0.2) is 16.0 Å². The van der Waals surface area contributed by atoms with Crippen molar-refractivity contribution in [3.63, 3.8) is 0 Å².